The molecule has 94 valence electrons. The third kappa shape index (κ3) is 5.35. The molecule has 1 aliphatic rings. The van der Waals surface area contributed by atoms with Crippen LogP contribution >= 0.6 is 0 Å². The maximum atomic E-state index is 5.46. The molecule has 0 aromatic rings. The van der Waals surface area contributed by atoms with E-state index in [9.17, 15) is 0 Å². The van der Waals surface area contributed by atoms with Crippen molar-refractivity contribution in [2.45, 2.75) is 58.4 Å². The summed E-state index contributed by atoms with van der Waals surface area (Å²) >= 11 is 0. The zero-order chi connectivity index (χ0) is 11.8. The molecule has 1 unspecified atom stereocenters. The van der Waals surface area contributed by atoms with Crippen LogP contribution in [0.5, 0.6) is 0 Å². The second kappa shape index (κ2) is 7.49. The summed E-state index contributed by atoms with van der Waals surface area (Å²) in [6, 6.07) is 0.518. The van der Waals surface area contributed by atoms with Gasteiger partial charge in [-0.2, -0.15) is 0 Å². The van der Waals surface area contributed by atoms with E-state index in [1.54, 1.807) is 0 Å². The molecule has 0 aromatic carbocycles. The maximum Gasteiger partial charge on any atom is 0.205 e. The quantitative estimate of drug-likeness (QED) is 0.204. The second-order valence-corrected chi connectivity index (χ2v) is 4.66. The van der Waals surface area contributed by atoms with Crippen LogP contribution in [0.25, 0.3) is 0 Å². The van der Waals surface area contributed by atoms with Gasteiger partial charge in [-0.15, -0.1) is 0 Å². The molecule has 4 heteroatoms. The molecule has 0 heterocycles. The van der Waals surface area contributed by atoms with Crippen molar-refractivity contribution < 1.29 is 0 Å². The first-order valence-corrected chi connectivity index (χ1v) is 6.57. The van der Waals surface area contributed by atoms with E-state index in [0.29, 0.717) is 6.04 Å². The first kappa shape index (κ1) is 13.3. The van der Waals surface area contributed by atoms with Gasteiger partial charge in [-0.05, 0) is 25.2 Å². The molecule has 1 fully saturated rings. The van der Waals surface area contributed by atoms with E-state index in [1.165, 1.54) is 25.7 Å². The fraction of sp³-hybridized carbons (Fsp3) is 0.917. The van der Waals surface area contributed by atoms with E-state index in [0.717, 1.165) is 31.3 Å². The molecular weight excluding hydrogens is 200 g/mol. The van der Waals surface area contributed by atoms with E-state index in [1.807, 2.05) is 0 Å². The SMILES string of the molecule is CCCCN=C(NN)NC(CC)CC1CC1. The van der Waals surface area contributed by atoms with Crippen molar-refractivity contribution in [1.29, 1.82) is 0 Å². The molecule has 0 amide bonds. The van der Waals surface area contributed by atoms with Crippen LogP contribution in [0.1, 0.15) is 52.4 Å². The molecule has 16 heavy (non-hydrogen) atoms. The summed E-state index contributed by atoms with van der Waals surface area (Å²) in [6.45, 7) is 5.23. The smallest absolute Gasteiger partial charge is 0.205 e. The van der Waals surface area contributed by atoms with Crippen LogP contribution in [0, 0.1) is 5.92 Å². The van der Waals surface area contributed by atoms with Crippen molar-refractivity contribution in [3.63, 3.8) is 0 Å². The molecule has 4 N–H and O–H groups in total. The highest BCUT2D eigenvalue weighted by Gasteiger charge is 2.24. The van der Waals surface area contributed by atoms with Crippen LogP contribution in [-0.2, 0) is 0 Å². The molecule has 1 rings (SSSR count). The van der Waals surface area contributed by atoms with Crippen LogP contribution in [0.4, 0.5) is 0 Å². The Morgan fingerprint density at radius 3 is 2.69 bits per heavy atom. The standard InChI is InChI=1S/C12H26N4/c1-3-5-8-14-12(16-13)15-11(4-2)9-10-6-7-10/h10-11H,3-9,13H2,1-2H3,(H2,14,15,16). The Labute approximate surface area is 99.1 Å². The van der Waals surface area contributed by atoms with Gasteiger partial charge in [0.15, 0.2) is 0 Å². The lowest BCUT2D eigenvalue weighted by Gasteiger charge is -2.18. The summed E-state index contributed by atoms with van der Waals surface area (Å²) < 4.78 is 0. The van der Waals surface area contributed by atoms with Gasteiger partial charge in [-0.3, -0.25) is 10.4 Å². The average Bonchev–Trinajstić information content (AvgIpc) is 3.10. The van der Waals surface area contributed by atoms with Crippen LogP contribution in [0.3, 0.4) is 0 Å². The molecule has 1 atom stereocenters. The Balaban J connectivity index is 2.29. The fourth-order valence-electron chi connectivity index (χ4n) is 1.76. The predicted molar refractivity (Wildman–Crippen MR) is 69.1 cm³/mol. The van der Waals surface area contributed by atoms with Crippen molar-refractivity contribution >= 4 is 5.96 Å². The topological polar surface area (TPSA) is 62.4 Å². The fourth-order valence-corrected chi connectivity index (χ4v) is 1.76. The van der Waals surface area contributed by atoms with Crippen LogP contribution in [-0.4, -0.2) is 18.5 Å². The minimum Gasteiger partial charge on any atom is -0.353 e. The Kier molecular flexibility index (Phi) is 6.23. The highest BCUT2D eigenvalue weighted by Crippen LogP contribution is 2.33. The number of hydrazine groups is 1. The van der Waals surface area contributed by atoms with Crippen molar-refractivity contribution in [3.05, 3.63) is 0 Å². The molecule has 0 bridgehead atoms. The van der Waals surface area contributed by atoms with Gasteiger partial charge in [0.25, 0.3) is 0 Å². The Morgan fingerprint density at radius 1 is 1.44 bits per heavy atom. The van der Waals surface area contributed by atoms with Gasteiger partial charge >= 0.3 is 0 Å². The molecule has 0 radical (unpaired) electrons. The van der Waals surface area contributed by atoms with Crippen LogP contribution in [0.15, 0.2) is 4.99 Å². The number of unbranched alkanes of at least 4 members (excludes halogenated alkanes) is 1. The van der Waals surface area contributed by atoms with Gasteiger partial charge in [0.05, 0.1) is 0 Å². The Morgan fingerprint density at radius 2 is 2.19 bits per heavy atom. The Bertz CT molecular complexity index is 211. The number of nitrogens with one attached hydrogen (secondary N) is 2. The third-order valence-corrected chi connectivity index (χ3v) is 3.07. The highest BCUT2D eigenvalue weighted by molar-refractivity contribution is 5.79. The number of hydrogen-bond donors (Lipinski definition) is 3. The summed E-state index contributed by atoms with van der Waals surface area (Å²) in [5.41, 5.74) is 2.66. The number of nitrogens with zero attached hydrogens (tertiary/aromatic N) is 1. The average molecular weight is 226 g/mol. The first-order chi connectivity index (χ1) is 7.80. The maximum absolute atomic E-state index is 5.46. The normalized spacial score (nSPS) is 18.3. The summed E-state index contributed by atoms with van der Waals surface area (Å²) in [5.74, 6) is 7.15. The van der Waals surface area contributed by atoms with E-state index in [-0.39, 0.29) is 0 Å². The summed E-state index contributed by atoms with van der Waals surface area (Å²) in [6.07, 6.45) is 7.47. The molecule has 0 spiro atoms. The number of guanidine groups is 1. The van der Waals surface area contributed by atoms with Gasteiger partial charge in [-0.1, -0.05) is 33.1 Å². The van der Waals surface area contributed by atoms with Crippen molar-refractivity contribution in [1.82, 2.24) is 10.7 Å². The van der Waals surface area contributed by atoms with E-state index in [4.69, 9.17) is 5.84 Å². The number of rotatable bonds is 7. The van der Waals surface area contributed by atoms with E-state index < -0.39 is 0 Å². The lowest BCUT2D eigenvalue weighted by atomic mass is 10.1. The summed E-state index contributed by atoms with van der Waals surface area (Å²) in [4.78, 5) is 4.42. The minimum absolute atomic E-state index is 0.518. The van der Waals surface area contributed by atoms with Crippen LogP contribution < -0.4 is 16.6 Å². The van der Waals surface area contributed by atoms with Gasteiger partial charge in [-0.25, -0.2) is 5.84 Å². The van der Waals surface area contributed by atoms with Gasteiger partial charge in [0.1, 0.15) is 0 Å². The van der Waals surface area contributed by atoms with Gasteiger partial charge < -0.3 is 5.32 Å². The lowest BCUT2D eigenvalue weighted by Crippen LogP contribution is -2.46. The number of hydrogen-bond acceptors (Lipinski definition) is 2. The molecule has 4 nitrogen and oxygen atoms in total. The predicted octanol–water partition coefficient (Wildman–Crippen LogP) is 1.77. The molecule has 0 saturated heterocycles. The van der Waals surface area contributed by atoms with Crippen molar-refractivity contribution in [2.75, 3.05) is 6.54 Å². The number of nitrogens with two attached hydrogens (primary N) is 1. The zero-order valence-corrected chi connectivity index (χ0v) is 10.6. The Hall–Kier alpha value is -0.770. The van der Waals surface area contributed by atoms with E-state index in [2.05, 4.69) is 29.6 Å². The van der Waals surface area contributed by atoms with Crippen molar-refractivity contribution in [3.8, 4) is 0 Å². The molecular formula is C12H26N4. The number of aliphatic imine (C=N–C) groups is 1. The zero-order valence-electron chi connectivity index (χ0n) is 10.6. The molecule has 1 saturated carbocycles. The molecule has 0 aliphatic heterocycles. The monoisotopic (exact) mass is 226 g/mol. The second-order valence-electron chi connectivity index (χ2n) is 4.66. The molecule has 1 aliphatic carbocycles. The van der Waals surface area contributed by atoms with Crippen molar-refractivity contribution in [2.24, 2.45) is 16.8 Å². The summed E-state index contributed by atoms with van der Waals surface area (Å²) in [7, 11) is 0. The summed E-state index contributed by atoms with van der Waals surface area (Å²) in [5, 5.41) is 3.40. The highest BCUT2D eigenvalue weighted by atomic mass is 15.3. The van der Waals surface area contributed by atoms with Crippen LogP contribution in [0.2, 0.25) is 0 Å². The van der Waals surface area contributed by atoms with E-state index >= 15 is 0 Å². The van der Waals surface area contributed by atoms with Gasteiger partial charge in [0, 0.05) is 12.6 Å². The first-order valence-electron chi connectivity index (χ1n) is 6.57. The van der Waals surface area contributed by atoms with Gasteiger partial charge in [0.2, 0.25) is 5.96 Å². The third-order valence-electron chi connectivity index (χ3n) is 3.07. The minimum atomic E-state index is 0.518. The largest absolute Gasteiger partial charge is 0.353 e. The molecule has 0 aromatic heterocycles. The lowest BCUT2D eigenvalue weighted by molar-refractivity contribution is 0.503.